The quantitative estimate of drug-likeness (QED) is 0.543. The molecule has 0 aliphatic heterocycles. The second kappa shape index (κ2) is 6.50. The van der Waals surface area contributed by atoms with E-state index in [-0.39, 0.29) is 11.5 Å². The van der Waals surface area contributed by atoms with E-state index in [4.69, 9.17) is 11.6 Å². The molecule has 0 unspecified atom stereocenters. The van der Waals surface area contributed by atoms with Gasteiger partial charge < -0.3 is 5.32 Å². The van der Waals surface area contributed by atoms with E-state index in [1.54, 1.807) is 23.0 Å². The highest BCUT2D eigenvalue weighted by Crippen LogP contribution is 2.16. The summed E-state index contributed by atoms with van der Waals surface area (Å²) in [6, 6.07) is 8.91. The topological polar surface area (TPSA) is 119 Å². The molecule has 0 spiro atoms. The van der Waals surface area contributed by atoms with Crippen molar-refractivity contribution in [2.24, 2.45) is 0 Å². The lowest BCUT2D eigenvalue weighted by molar-refractivity contribution is -0.385. The molecule has 0 saturated heterocycles. The number of carbonyl (C=O) groups excluding carboxylic acids is 1. The molecule has 2 aromatic heterocycles. The van der Waals surface area contributed by atoms with Crippen LogP contribution in [0.4, 0.5) is 11.5 Å². The number of aromatic nitrogens is 4. The minimum atomic E-state index is -0.688. The van der Waals surface area contributed by atoms with Crippen molar-refractivity contribution in [2.45, 2.75) is 6.54 Å². The molecule has 0 bridgehead atoms. The fourth-order valence-electron chi connectivity index (χ4n) is 2.10. The number of H-pyrrole nitrogens is 1. The molecule has 10 heteroatoms. The van der Waals surface area contributed by atoms with Crippen molar-refractivity contribution in [3.05, 3.63) is 69.1 Å². The molecule has 3 rings (SSSR count). The number of benzene rings is 1. The van der Waals surface area contributed by atoms with Gasteiger partial charge in [0, 0.05) is 17.3 Å². The van der Waals surface area contributed by atoms with Crippen LogP contribution in [0.25, 0.3) is 0 Å². The Labute approximate surface area is 140 Å². The first kappa shape index (κ1) is 15.7. The predicted molar refractivity (Wildman–Crippen MR) is 86.0 cm³/mol. The Morgan fingerprint density at radius 2 is 2.25 bits per heavy atom. The van der Waals surface area contributed by atoms with Gasteiger partial charge in [0.1, 0.15) is 6.20 Å². The molecule has 9 nitrogen and oxygen atoms in total. The molecule has 0 fully saturated rings. The summed E-state index contributed by atoms with van der Waals surface area (Å²) < 4.78 is 1.61. The number of nitro groups is 1. The number of nitrogens with zero attached hydrogens (tertiary/aromatic N) is 4. The third-order valence-corrected chi connectivity index (χ3v) is 3.39. The molecule has 0 aliphatic carbocycles. The van der Waals surface area contributed by atoms with Gasteiger partial charge in [0.25, 0.3) is 5.91 Å². The van der Waals surface area contributed by atoms with Crippen LogP contribution in [0.2, 0.25) is 5.02 Å². The zero-order valence-electron chi connectivity index (χ0n) is 12.1. The fraction of sp³-hybridized carbons (Fsp3) is 0.0714. The van der Waals surface area contributed by atoms with Crippen LogP contribution >= 0.6 is 11.6 Å². The maximum Gasteiger partial charge on any atom is 0.319 e. The van der Waals surface area contributed by atoms with Crippen molar-refractivity contribution in [3.63, 3.8) is 0 Å². The van der Waals surface area contributed by atoms with Gasteiger partial charge in [0.05, 0.1) is 11.5 Å². The van der Waals surface area contributed by atoms with E-state index in [1.807, 2.05) is 18.2 Å². The summed E-state index contributed by atoms with van der Waals surface area (Å²) in [5, 5.41) is 23.9. The molecule has 0 saturated carbocycles. The maximum absolute atomic E-state index is 12.1. The zero-order valence-corrected chi connectivity index (χ0v) is 12.9. The Bertz CT molecular complexity index is 903. The van der Waals surface area contributed by atoms with Gasteiger partial charge in [-0.05, 0) is 17.7 Å². The number of amides is 1. The van der Waals surface area contributed by atoms with E-state index in [2.05, 4.69) is 20.6 Å². The van der Waals surface area contributed by atoms with Crippen molar-refractivity contribution in [3.8, 4) is 0 Å². The highest BCUT2D eigenvalue weighted by molar-refractivity contribution is 6.30. The van der Waals surface area contributed by atoms with Crippen molar-refractivity contribution in [1.29, 1.82) is 0 Å². The van der Waals surface area contributed by atoms with Crippen LogP contribution in [0.5, 0.6) is 0 Å². The van der Waals surface area contributed by atoms with Gasteiger partial charge in [-0.2, -0.15) is 10.2 Å². The molecule has 1 aromatic carbocycles. The molecule has 2 heterocycles. The van der Waals surface area contributed by atoms with E-state index in [0.717, 1.165) is 11.8 Å². The van der Waals surface area contributed by atoms with Gasteiger partial charge in [0.15, 0.2) is 5.82 Å². The monoisotopic (exact) mass is 346 g/mol. The van der Waals surface area contributed by atoms with Crippen LogP contribution in [0, 0.1) is 10.1 Å². The normalized spacial score (nSPS) is 10.5. The minimum Gasteiger partial charge on any atom is -0.304 e. The minimum absolute atomic E-state index is 0.232. The highest BCUT2D eigenvalue weighted by atomic mass is 35.5. The highest BCUT2D eigenvalue weighted by Gasteiger charge is 2.23. The lowest BCUT2D eigenvalue weighted by Gasteiger charge is -2.03. The molecule has 122 valence electrons. The van der Waals surface area contributed by atoms with Gasteiger partial charge in [-0.15, -0.1) is 0 Å². The molecule has 24 heavy (non-hydrogen) atoms. The summed E-state index contributed by atoms with van der Waals surface area (Å²) in [5.41, 5.74) is 0.322. The first-order chi connectivity index (χ1) is 11.5. The van der Waals surface area contributed by atoms with Crippen LogP contribution in [0.3, 0.4) is 0 Å². The van der Waals surface area contributed by atoms with Gasteiger partial charge in [-0.3, -0.25) is 24.7 Å². The molecular formula is C14H11ClN6O3. The van der Waals surface area contributed by atoms with Crippen LogP contribution < -0.4 is 5.32 Å². The van der Waals surface area contributed by atoms with Gasteiger partial charge >= 0.3 is 5.69 Å². The van der Waals surface area contributed by atoms with E-state index >= 15 is 0 Å². The number of anilines is 1. The Balaban J connectivity index is 1.71. The van der Waals surface area contributed by atoms with Crippen molar-refractivity contribution in [1.82, 2.24) is 20.0 Å². The number of nitrogens with one attached hydrogen (secondary N) is 2. The maximum atomic E-state index is 12.1. The molecular weight excluding hydrogens is 336 g/mol. The third kappa shape index (κ3) is 3.41. The summed E-state index contributed by atoms with van der Waals surface area (Å²) in [4.78, 5) is 22.2. The van der Waals surface area contributed by atoms with Crippen LogP contribution in [-0.4, -0.2) is 30.8 Å². The lowest BCUT2D eigenvalue weighted by atomic mass is 10.2. The largest absolute Gasteiger partial charge is 0.319 e. The summed E-state index contributed by atoms with van der Waals surface area (Å²) >= 11 is 5.93. The average Bonchev–Trinajstić information content (AvgIpc) is 3.16. The predicted octanol–water partition coefficient (Wildman–Crippen LogP) is 2.47. The van der Waals surface area contributed by atoms with Gasteiger partial charge in [0.2, 0.25) is 5.69 Å². The number of aromatic amines is 1. The molecule has 0 radical (unpaired) electrons. The Morgan fingerprint density at radius 3 is 3.00 bits per heavy atom. The van der Waals surface area contributed by atoms with E-state index in [0.29, 0.717) is 11.6 Å². The van der Waals surface area contributed by atoms with Crippen molar-refractivity contribution in [2.75, 3.05) is 5.32 Å². The summed E-state index contributed by atoms with van der Waals surface area (Å²) in [6.07, 6.45) is 2.66. The number of hydrogen-bond acceptors (Lipinski definition) is 5. The van der Waals surface area contributed by atoms with Crippen molar-refractivity contribution < 1.29 is 9.72 Å². The lowest BCUT2D eigenvalue weighted by Crippen LogP contribution is -2.15. The number of carbonyl (C=O) groups is 1. The number of hydrogen-bond donors (Lipinski definition) is 2. The molecule has 0 atom stereocenters. The first-order valence-corrected chi connectivity index (χ1v) is 7.18. The van der Waals surface area contributed by atoms with Crippen LogP contribution in [0.15, 0.2) is 42.7 Å². The Hall–Kier alpha value is -3.20. The van der Waals surface area contributed by atoms with Crippen molar-refractivity contribution >= 4 is 29.0 Å². The van der Waals surface area contributed by atoms with Crippen LogP contribution in [-0.2, 0) is 6.54 Å². The average molecular weight is 347 g/mol. The molecule has 1 amide bonds. The second-order valence-electron chi connectivity index (χ2n) is 4.87. The first-order valence-electron chi connectivity index (χ1n) is 6.80. The fourth-order valence-corrected chi connectivity index (χ4v) is 2.32. The summed E-state index contributed by atoms with van der Waals surface area (Å²) in [5.74, 6) is -0.418. The molecule has 0 aliphatic rings. The Morgan fingerprint density at radius 1 is 1.42 bits per heavy atom. The zero-order chi connectivity index (χ0) is 17.1. The van der Waals surface area contributed by atoms with Crippen LogP contribution in [0.1, 0.15) is 16.1 Å². The summed E-state index contributed by atoms with van der Waals surface area (Å²) in [7, 11) is 0. The number of rotatable bonds is 5. The van der Waals surface area contributed by atoms with E-state index < -0.39 is 16.5 Å². The molecule has 3 aromatic rings. The molecule has 2 N–H and O–H groups in total. The smallest absolute Gasteiger partial charge is 0.304 e. The standard InChI is InChI=1S/C14H11ClN6O3/c15-10-3-1-2-9(6-10)8-20-5-4-12(19-20)17-14(22)13-11(21(23)24)7-16-18-13/h1-7H,8H2,(H,16,18)(H,17,19,22). The Kier molecular flexibility index (Phi) is 4.25. The van der Waals surface area contributed by atoms with Gasteiger partial charge in [-0.25, -0.2) is 0 Å². The third-order valence-electron chi connectivity index (χ3n) is 3.16. The number of halogens is 1. The van der Waals surface area contributed by atoms with Gasteiger partial charge in [-0.1, -0.05) is 23.7 Å². The SMILES string of the molecule is O=C(Nc1ccn(Cc2cccc(Cl)c2)n1)c1[nH]ncc1[N+](=O)[O-]. The summed E-state index contributed by atoms with van der Waals surface area (Å²) in [6.45, 7) is 0.473. The second-order valence-corrected chi connectivity index (χ2v) is 5.31. The van der Waals surface area contributed by atoms with E-state index in [1.165, 1.54) is 0 Å². The van der Waals surface area contributed by atoms with E-state index in [9.17, 15) is 14.9 Å².